The normalized spacial score (nSPS) is 26.9. The minimum atomic E-state index is 0.283. The van der Waals surface area contributed by atoms with Crippen molar-refractivity contribution >= 4 is 0 Å². The molecule has 2 nitrogen and oxygen atoms in total. The van der Waals surface area contributed by atoms with Gasteiger partial charge >= 0.3 is 0 Å². The Balaban J connectivity index is 2.05. The summed E-state index contributed by atoms with van der Waals surface area (Å²) in [7, 11) is 0. The van der Waals surface area contributed by atoms with E-state index in [1.54, 1.807) is 0 Å². The third kappa shape index (κ3) is 4.45. The van der Waals surface area contributed by atoms with Crippen LogP contribution in [0.3, 0.4) is 0 Å². The van der Waals surface area contributed by atoms with Gasteiger partial charge in [-0.25, -0.2) is 0 Å². The van der Waals surface area contributed by atoms with Crippen LogP contribution in [0.2, 0.25) is 0 Å². The van der Waals surface area contributed by atoms with Crippen LogP contribution in [-0.2, 0) is 0 Å². The molecule has 2 rings (SSSR count). The van der Waals surface area contributed by atoms with E-state index in [9.17, 15) is 0 Å². The summed E-state index contributed by atoms with van der Waals surface area (Å²) in [4.78, 5) is 2.91. The van der Waals surface area contributed by atoms with E-state index in [0.29, 0.717) is 5.54 Å². The average molecular weight is 295 g/mol. The molecule has 0 aromatic heterocycles. The standard InChI is InChI=1S/C19H38N2/c1-5-7-11-17(6-2)14-21-16-18(3,4)20-15-19(21)12-9-8-10-13-19/h17,20H,5-16H2,1-4H3. The molecule has 1 saturated heterocycles. The zero-order valence-electron chi connectivity index (χ0n) is 15.0. The zero-order valence-corrected chi connectivity index (χ0v) is 15.0. The van der Waals surface area contributed by atoms with Gasteiger partial charge in [-0.2, -0.15) is 0 Å². The molecule has 1 heterocycles. The molecule has 1 atom stereocenters. The first-order chi connectivity index (χ1) is 10.0. The first kappa shape index (κ1) is 17.3. The van der Waals surface area contributed by atoms with Crippen LogP contribution in [0.4, 0.5) is 0 Å². The van der Waals surface area contributed by atoms with Crippen molar-refractivity contribution in [2.45, 2.75) is 96.6 Å². The van der Waals surface area contributed by atoms with Gasteiger partial charge in [0.05, 0.1) is 0 Å². The van der Waals surface area contributed by atoms with Crippen molar-refractivity contribution in [3.05, 3.63) is 0 Å². The topological polar surface area (TPSA) is 15.3 Å². The number of rotatable bonds is 6. The van der Waals surface area contributed by atoms with E-state index in [-0.39, 0.29) is 5.54 Å². The third-order valence-corrected chi connectivity index (χ3v) is 5.96. The maximum atomic E-state index is 3.84. The van der Waals surface area contributed by atoms with Gasteiger partial charge in [0.2, 0.25) is 0 Å². The molecule has 1 spiro atoms. The molecule has 0 bridgehead atoms. The molecule has 1 unspecified atom stereocenters. The van der Waals surface area contributed by atoms with Crippen molar-refractivity contribution in [2.75, 3.05) is 19.6 Å². The van der Waals surface area contributed by atoms with Crippen molar-refractivity contribution in [3.8, 4) is 0 Å². The van der Waals surface area contributed by atoms with Gasteiger partial charge in [-0.05, 0) is 39.0 Å². The Morgan fingerprint density at radius 3 is 2.43 bits per heavy atom. The lowest BCUT2D eigenvalue weighted by Crippen LogP contribution is -2.69. The van der Waals surface area contributed by atoms with Gasteiger partial charge in [-0.3, -0.25) is 4.90 Å². The highest BCUT2D eigenvalue weighted by Gasteiger charge is 2.44. The summed E-state index contributed by atoms with van der Waals surface area (Å²) in [6.07, 6.45) is 12.7. The Bertz CT molecular complexity index is 305. The van der Waals surface area contributed by atoms with Crippen LogP contribution < -0.4 is 5.32 Å². The Labute approximate surface area is 133 Å². The van der Waals surface area contributed by atoms with Gasteiger partial charge in [0.1, 0.15) is 0 Å². The van der Waals surface area contributed by atoms with E-state index in [0.717, 1.165) is 5.92 Å². The minimum Gasteiger partial charge on any atom is -0.309 e. The fraction of sp³-hybridized carbons (Fsp3) is 1.00. The Hall–Kier alpha value is -0.0800. The summed E-state index contributed by atoms with van der Waals surface area (Å²) in [6.45, 7) is 13.2. The number of unbranched alkanes of at least 4 members (excludes halogenated alkanes) is 1. The summed E-state index contributed by atoms with van der Waals surface area (Å²) < 4.78 is 0. The maximum Gasteiger partial charge on any atom is 0.0335 e. The van der Waals surface area contributed by atoms with Crippen LogP contribution in [0.1, 0.15) is 85.5 Å². The fourth-order valence-corrected chi connectivity index (χ4v) is 4.41. The minimum absolute atomic E-state index is 0.283. The molecular formula is C19H38N2. The van der Waals surface area contributed by atoms with Crippen molar-refractivity contribution in [2.24, 2.45) is 5.92 Å². The maximum absolute atomic E-state index is 3.84. The number of hydrogen-bond donors (Lipinski definition) is 1. The molecule has 2 aliphatic rings. The molecule has 1 aliphatic heterocycles. The molecule has 2 heteroatoms. The van der Waals surface area contributed by atoms with Crippen molar-refractivity contribution < 1.29 is 0 Å². The Morgan fingerprint density at radius 2 is 1.81 bits per heavy atom. The van der Waals surface area contributed by atoms with E-state index in [2.05, 4.69) is 37.9 Å². The van der Waals surface area contributed by atoms with Gasteiger partial charge in [-0.15, -0.1) is 0 Å². The highest BCUT2D eigenvalue weighted by Crippen LogP contribution is 2.38. The van der Waals surface area contributed by atoms with E-state index >= 15 is 0 Å². The Kier molecular flexibility index (Phi) is 6.14. The summed E-state index contributed by atoms with van der Waals surface area (Å²) in [5, 5.41) is 3.84. The van der Waals surface area contributed by atoms with E-state index in [1.165, 1.54) is 77.4 Å². The van der Waals surface area contributed by atoms with E-state index in [4.69, 9.17) is 0 Å². The lowest BCUT2D eigenvalue weighted by molar-refractivity contribution is -0.0211. The molecule has 21 heavy (non-hydrogen) atoms. The first-order valence-corrected chi connectivity index (χ1v) is 9.51. The van der Waals surface area contributed by atoms with Gasteiger partial charge in [-0.1, -0.05) is 52.4 Å². The van der Waals surface area contributed by atoms with Crippen molar-refractivity contribution in [1.29, 1.82) is 0 Å². The predicted molar refractivity (Wildman–Crippen MR) is 92.8 cm³/mol. The molecule has 0 amide bonds. The van der Waals surface area contributed by atoms with E-state index < -0.39 is 0 Å². The van der Waals surface area contributed by atoms with Crippen LogP contribution in [-0.4, -0.2) is 35.6 Å². The van der Waals surface area contributed by atoms with Gasteiger partial charge in [0.15, 0.2) is 0 Å². The second-order valence-corrected chi connectivity index (χ2v) is 8.32. The molecule has 1 N–H and O–H groups in total. The van der Waals surface area contributed by atoms with Crippen molar-refractivity contribution in [1.82, 2.24) is 10.2 Å². The zero-order chi connectivity index (χ0) is 15.3. The van der Waals surface area contributed by atoms with Gasteiger partial charge in [0, 0.05) is 30.7 Å². The smallest absolute Gasteiger partial charge is 0.0335 e. The summed E-state index contributed by atoms with van der Waals surface area (Å²) >= 11 is 0. The molecule has 0 radical (unpaired) electrons. The Morgan fingerprint density at radius 1 is 1.10 bits per heavy atom. The van der Waals surface area contributed by atoms with Gasteiger partial charge < -0.3 is 5.32 Å². The number of hydrogen-bond acceptors (Lipinski definition) is 2. The second-order valence-electron chi connectivity index (χ2n) is 8.32. The largest absolute Gasteiger partial charge is 0.309 e. The molecule has 1 saturated carbocycles. The predicted octanol–water partition coefficient (Wildman–Crippen LogP) is 4.59. The van der Waals surface area contributed by atoms with Crippen molar-refractivity contribution in [3.63, 3.8) is 0 Å². The summed E-state index contributed by atoms with van der Waals surface area (Å²) in [5.41, 5.74) is 0.763. The molecular weight excluding hydrogens is 256 g/mol. The van der Waals surface area contributed by atoms with Crippen LogP contribution >= 0.6 is 0 Å². The molecule has 124 valence electrons. The van der Waals surface area contributed by atoms with E-state index in [1.807, 2.05) is 0 Å². The van der Waals surface area contributed by atoms with Crippen LogP contribution in [0.15, 0.2) is 0 Å². The van der Waals surface area contributed by atoms with Crippen LogP contribution in [0, 0.1) is 5.92 Å². The van der Waals surface area contributed by atoms with Gasteiger partial charge in [0.25, 0.3) is 0 Å². The average Bonchev–Trinajstić information content (AvgIpc) is 2.48. The summed E-state index contributed by atoms with van der Waals surface area (Å²) in [6, 6.07) is 0. The second kappa shape index (κ2) is 7.46. The molecule has 1 aliphatic carbocycles. The lowest BCUT2D eigenvalue weighted by atomic mass is 9.76. The number of nitrogens with one attached hydrogen (secondary N) is 1. The van der Waals surface area contributed by atoms with Crippen LogP contribution in [0.5, 0.6) is 0 Å². The molecule has 0 aromatic carbocycles. The molecule has 0 aromatic rings. The monoisotopic (exact) mass is 294 g/mol. The fourth-order valence-electron chi connectivity index (χ4n) is 4.41. The molecule has 2 fully saturated rings. The highest BCUT2D eigenvalue weighted by atomic mass is 15.3. The lowest BCUT2D eigenvalue weighted by Gasteiger charge is -2.55. The number of piperazine rings is 1. The quantitative estimate of drug-likeness (QED) is 0.771. The van der Waals surface area contributed by atoms with Crippen LogP contribution in [0.25, 0.3) is 0 Å². The highest BCUT2D eigenvalue weighted by molar-refractivity contribution is 5.03. The first-order valence-electron chi connectivity index (χ1n) is 9.51. The number of nitrogens with zero attached hydrogens (tertiary/aromatic N) is 1. The summed E-state index contributed by atoms with van der Waals surface area (Å²) in [5.74, 6) is 0.901. The third-order valence-electron chi connectivity index (χ3n) is 5.96. The SMILES string of the molecule is CCCCC(CC)CN1CC(C)(C)NCC12CCCCC2.